The fourth-order valence-corrected chi connectivity index (χ4v) is 1.88. The highest BCUT2D eigenvalue weighted by Crippen LogP contribution is 2.19. The molecule has 0 bridgehead atoms. The van der Waals surface area contributed by atoms with Crippen LogP contribution < -0.4 is 0 Å². The summed E-state index contributed by atoms with van der Waals surface area (Å²) >= 11 is 3.29. The maximum absolute atomic E-state index is 10.6. The number of nitrogens with zero attached hydrogens (tertiary/aromatic N) is 2. The predicted octanol–water partition coefficient (Wildman–Crippen LogP) is 1.89. The van der Waals surface area contributed by atoms with Crippen LogP contribution in [0.15, 0.2) is 33.3 Å². The molecule has 17 heavy (non-hydrogen) atoms. The van der Waals surface area contributed by atoms with Crippen molar-refractivity contribution < 1.29 is 17.5 Å². The maximum Gasteiger partial charge on any atom is 0.274 e. The average molecular weight is 319 g/mol. The van der Waals surface area contributed by atoms with Gasteiger partial charge in [0.2, 0.25) is 11.7 Å². The molecule has 0 atom stereocenters. The first kappa shape index (κ1) is 12.2. The molecule has 0 radical (unpaired) electrons. The van der Waals surface area contributed by atoms with E-state index in [1.165, 1.54) is 0 Å². The van der Waals surface area contributed by atoms with Crippen molar-refractivity contribution in [2.75, 3.05) is 0 Å². The average Bonchev–Trinajstić information content (AvgIpc) is 2.64. The van der Waals surface area contributed by atoms with Crippen LogP contribution in [0.2, 0.25) is 0 Å². The lowest BCUT2D eigenvalue weighted by Gasteiger charge is -1.93. The smallest absolute Gasteiger partial charge is 0.274 e. The zero-order valence-corrected chi connectivity index (χ0v) is 10.8. The fraction of sp³-hybridized carbons (Fsp3) is 0.111. The Bertz CT molecular complexity index is 621. The minimum Gasteiger partial charge on any atom is -0.338 e. The van der Waals surface area contributed by atoms with E-state index >= 15 is 0 Å². The molecule has 0 aliphatic carbocycles. The molecule has 6 nitrogen and oxygen atoms in total. The predicted molar refractivity (Wildman–Crippen MR) is 62.7 cm³/mol. The van der Waals surface area contributed by atoms with E-state index in [0.29, 0.717) is 5.56 Å². The third-order valence-corrected chi connectivity index (χ3v) is 3.02. The van der Waals surface area contributed by atoms with Crippen molar-refractivity contribution >= 4 is 26.0 Å². The number of aromatic nitrogens is 2. The Morgan fingerprint density at radius 2 is 1.94 bits per heavy atom. The van der Waals surface area contributed by atoms with Gasteiger partial charge in [0.05, 0.1) is 0 Å². The molecule has 2 aromatic rings. The van der Waals surface area contributed by atoms with Gasteiger partial charge in [-0.05, 0) is 24.3 Å². The van der Waals surface area contributed by atoms with Crippen LogP contribution in [0.3, 0.4) is 0 Å². The third-order valence-electron chi connectivity index (χ3n) is 1.88. The quantitative estimate of drug-likeness (QED) is 0.868. The summed E-state index contributed by atoms with van der Waals surface area (Å²) in [6, 6.07) is 7.11. The standard InChI is InChI=1S/C9H7BrN2O4S/c10-7-3-1-6(2-4-7)9-11-8(16-12-9)5-17(13,14)15/h1-4H,5H2,(H,13,14,15). The largest absolute Gasteiger partial charge is 0.338 e. The van der Waals surface area contributed by atoms with Crippen molar-refractivity contribution in [1.82, 2.24) is 10.1 Å². The molecule has 0 spiro atoms. The van der Waals surface area contributed by atoms with Gasteiger partial charge in [0.15, 0.2) is 5.75 Å². The van der Waals surface area contributed by atoms with E-state index in [4.69, 9.17) is 9.08 Å². The van der Waals surface area contributed by atoms with Crippen molar-refractivity contribution in [3.8, 4) is 11.4 Å². The molecule has 0 saturated carbocycles. The molecule has 0 amide bonds. The van der Waals surface area contributed by atoms with Crippen LogP contribution in [0.1, 0.15) is 5.89 Å². The molecule has 0 unspecified atom stereocenters. The SMILES string of the molecule is O=S(=O)(O)Cc1nc(-c2ccc(Br)cc2)no1. The molecule has 0 aliphatic heterocycles. The van der Waals surface area contributed by atoms with Crippen LogP contribution in [-0.2, 0) is 15.9 Å². The van der Waals surface area contributed by atoms with Crippen LogP contribution in [0.4, 0.5) is 0 Å². The van der Waals surface area contributed by atoms with Crippen molar-refractivity contribution in [3.05, 3.63) is 34.6 Å². The minimum absolute atomic E-state index is 0.148. The Hall–Kier alpha value is -1.25. The molecule has 0 fully saturated rings. The molecule has 0 aliphatic rings. The summed E-state index contributed by atoms with van der Waals surface area (Å²) in [5, 5.41) is 3.62. The monoisotopic (exact) mass is 318 g/mol. The highest BCUT2D eigenvalue weighted by molar-refractivity contribution is 9.10. The Labute approximate surface area is 106 Å². The van der Waals surface area contributed by atoms with E-state index in [-0.39, 0.29) is 11.7 Å². The zero-order chi connectivity index (χ0) is 12.5. The Kier molecular flexibility index (Phi) is 3.27. The molecule has 1 N–H and O–H groups in total. The summed E-state index contributed by atoms with van der Waals surface area (Å²) in [6.07, 6.45) is 0. The molecular formula is C9H7BrN2O4S. The van der Waals surface area contributed by atoms with Gasteiger partial charge >= 0.3 is 0 Å². The van der Waals surface area contributed by atoms with Gasteiger partial charge in [-0.15, -0.1) is 0 Å². The van der Waals surface area contributed by atoms with Gasteiger partial charge in [-0.3, -0.25) is 4.55 Å². The summed E-state index contributed by atoms with van der Waals surface area (Å²) in [5.41, 5.74) is 0.693. The number of halogens is 1. The van der Waals surface area contributed by atoms with E-state index in [1.54, 1.807) is 24.3 Å². The van der Waals surface area contributed by atoms with Crippen LogP contribution in [0.25, 0.3) is 11.4 Å². The summed E-state index contributed by atoms with van der Waals surface area (Å²) in [7, 11) is -4.16. The van der Waals surface area contributed by atoms with Gasteiger partial charge in [0.1, 0.15) is 0 Å². The van der Waals surface area contributed by atoms with Gasteiger partial charge in [0.25, 0.3) is 10.1 Å². The summed E-state index contributed by atoms with van der Waals surface area (Å²) in [4.78, 5) is 3.86. The van der Waals surface area contributed by atoms with E-state index in [9.17, 15) is 8.42 Å². The normalized spacial score (nSPS) is 11.6. The molecule has 2 rings (SSSR count). The zero-order valence-electron chi connectivity index (χ0n) is 8.37. The second-order valence-corrected chi connectivity index (χ2v) is 5.61. The van der Waals surface area contributed by atoms with E-state index in [1.807, 2.05) is 0 Å². The van der Waals surface area contributed by atoms with Crippen LogP contribution >= 0.6 is 15.9 Å². The van der Waals surface area contributed by atoms with Crippen molar-refractivity contribution in [1.29, 1.82) is 0 Å². The van der Waals surface area contributed by atoms with Gasteiger partial charge in [-0.25, -0.2) is 0 Å². The summed E-state index contributed by atoms with van der Waals surface area (Å²) in [5.74, 6) is -0.558. The lowest BCUT2D eigenvalue weighted by atomic mass is 10.2. The number of hydrogen-bond acceptors (Lipinski definition) is 5. The molecule has 1 aromatic heterocycles. The van der Waals surface area contributed by atoms with E-state index in [2.05, 4.69) is 26.1 Å². The molecular weight excluding hydrogens is 312 g/mol. The van der Waals surface area contributed by atoms with Crippen LogP contribution in [0.5, 0.6) is 0 Å². The molecule has 1 aromatic carbocycles. The first-order chi connectivity index (χ1) is 7.94. The highest BCUT2D eigenvalue weighted by Gasteiger charge is 2.14. The van der Waals surface area contributed by atoms with Crippen LogP contribution in [-0.4, -0.2) is 23.1 Å². The second-order valence-electron chi connectivity index (χ2n) is 3.24. The van der Waals surface area contributed by atoms with E-state index < -0.39 is 15.9 Å². The molecule has 8 heteroatoms. The Balaban J connectivity index is 2.27. The molecule has 90 valence electrons. The van der Waals surface area contributed by atoms with Gasteiger partial charge < -0.3 is 4.52 Å². The minimum atomic E-state index is -4.16. The summed E-state index contributed by atoms with van der Waals surface area (Å²) < 4.78 is 35.5. The highest BCUT2D eigenvalue weighted by atomic mass is 79.9. The van der Waals surface area contributed by atoms with Crippen molar-refractivity contribution in [3.63, 3.8) is 0 Å². The van der Waals surface area contributed by atoms with Crippen molar-refractivity contribution in [2.24, 2.45) is 0 Å². The Morgan fingerprint density at radius 3 is 2.53 bits per heavy atom. The number of hydrogen-bond donors (Lipinski definition) is 1. The first-order valence-electron chi connectivity index (χ1n) is 4.48. The number of rotatable bonds is 3. The van der Waals surface area contributed by atoms with Crippen molar-refractivity contribution in [2.45, 2.75) is 5.75 Å². The Morgan fingerprint density at radius 1 is 1.29 bits per heavy atom. The maximum atomic E-state index is 10.6. The van der Waals surface area contributed by atoms with Gasteiger partial charge in [-0.1, -0.05) is 21.1 Å². The number of benzene rings is 1. The summed E-state index contributed by atoms with van der Waals surface area (Å²) in [6.45, 7) is 0. The second kappa shape index (κ2) is 4.55. The lowest BCUT2D eigenvalue weighted by Crippen LogP contribution is -2.01. The topological polar surface area (TPSA) is 93.3 Å². The molecule has 1 heterocycles. The van der Waals surface area contributed by atoms with Crippen LogP contribution in [0, 0.1) is 0 Å². The van der Waals surface area contributed by atoms with Gasteiger partial charge in [-0.2, -0.15) is 13.4 Å². The third kappa shape index (κ3) is 3.35. The molecule has 0 saturated heterocycles. The van der Waals surface area contributed by atoms with Gasteiger partial charge in [0, 0.05) is 10.0 Å². The van der Waals surface area contributed by atoms with E-state index in [0.717, 1.165) is 4.47 Å². The first-order valence-corrected chi connectivity index (χ1v) is 6.88. The lowest BCUT2D eigenvalue weighted by molar-refractivity contribution is 0.384. The fourth-order valence-electron chi connectivity index (χ4n) is 1.19.